The maximum atomic E-state index is 12.5. The van der Waals surface area contributed by atoms with Crippen molar-refractivity contribution in [3.63, 3.8) is 0 Å². The van der Waals surface area contributed by atoms with E-state index in [0.29, 0.717) is 26.0 Å². The number of fused-ring (bicyclic) bond motifs is 1. The minimum absolute atomic E-state index is 0.106. The summed E-state index contributed by atoms with van der Waals surface area (Å²) in [7, 11) is 0. The van der Waals surface area contributed by atoms with Gasteiger partial charge in [-0.1, -0.05) is 38.1 Å². The summed E-state index contributed by atoms with van der Waals surface area (Å²) >= 11 is 0. The molecule has 0 aliphatic heterocycles. The maximum absolute atomic E-state index is 12.5. The lowest BCUT2D eigenvalue weighted by Gasteiger charge is -2.22. The average molecular weight is 575 g/mol. The van der Waals surface area contributed by atoms with Gasteiger partial charge in [0.2, 0.25) is 11.8 Å². The molecule has 7 nitrogen and oxygen atoms in total. The van der Waals surface area contributed by atoms with E-state index in [0.717, 1.165) is 69.3 Å². The molecule has 2 amide bonds. The van der Waals surface area contributed by atoms with Crippen molar-refractivity contribution in [2.45, 2.75) is 96.4 Å². The average Bonchev–Trinajstić information content (AvgIpc) is 3.63. The number of primary amides is 1. The van der Waals surface area contributed by atoms with E-state index in [-0.39, 0.29) is 23.8 Å². The Morgan fingerprint density at radius 3 is 2.62 bits per heavy atom. The number of hydrogen-bond acceptors (Lipinski definition) is 4. The summed E-state index contributed by atoms with van der Waals surface area (Å²) < 4.78 is 6.18. The summed E-state index contributed by atoms with van der Waals surface area (Å²) in [6.45, 7) is 7.41. The molecule has 0 unspecified atom stereocenters. The monoisotopic (exact) mass is 574 g/mol. The SMILES string of the molecule is CCCN(CCCCOc1cc(CCCCNC2(c3cccc(CC)c3)CC2)c2cc[nH]c2c1)C(=O)CCCC(N)=O. The highest BCUT2D eigenvalue weighted by Gasteiger charge is 2.43. The number of benzene rings is 2. The van der Waals surface area contributed by atoms with Gasteiger partial charge < -0.3 is 25.7 Å². The van der Waals surface area contributed by atoms with Crippen LogP contribution in [0.2, 0.25) is 0 Å². The second kappa shape index (κ2) is 15.8. The van der Waals surface area contributed by atoms with E-state index in [1.165, 1.54) is 34.9 Å². The molecule has 228 valence electrons. The zero-order chi connectivity index (χ0) is 29.8. The molecule has 0 radical (unpaired) electrons. The van der Waals surface area contributed by atoms with Crippen LogP contribution in [0.25, 0.3) is 10.9 Å². The van der Waals surface area contributed by atoms with Gasteiger partial charge in [-0.2, -0.15) is 0 Å². The number of unbranched alkanes of at least 4 members (excludes halogenated alkanes) is 2. The largest absolute Gasteiger partial charge is 0.494 e. The second-order valence-corrected chi connectivity index (χ2v) is 11.8. The number of rotatable bonds is 20. The van der Waals surface area contributed by atoms with Crippen LogP contribution in [0.15, 0.2) is 48.7 Å². The van der Waals surface area contributed by atoms with Crippen molar-refractivity contribution < 1.29 is 14.3 Å². The molecule has 0 saturated heterocycles. The molecule has 3 aromatic rings. The Kier molecular flexibility index (Phi) is 11.9. The fourth-order valence-corrected chi connectivity index (χ4v) is 5.85. The molecule has 0 bridgehead atoms. The van der Waals surface area contributed by atoms with Crippen LogP contribution in [0.5, 0.6) is 5.75 Å². The minimum atomic E-state index is -0.351. The van der Waals surface area contributed by atoms with Gasteiger partial charge in [-0.3, -0.25) is 9.59 Å². The summed E-state index contributed by atoms with van der Waals surface area (Å²) in [6.07, 6.45) is 12.7. The van der Waals surface area contributed by atoms with E-state index >= 15 is 0 Å². The number of aromatic amines is 1. The number of aryl methyl sites for hydroxylation is 2. The molecular weight excluding hydrogens is 524 g/mol. The van der Waals surface area contributed by atoms with E-state index in [1.807, 2.05) is 11.1 Å². The first-order valence-electron chi connectivity index (χ1n) is 16.1. The van der Waals surface area contributed by atoms with Crippen LogP contribution in [0.4, 0.5) is 0 Å². The van der Waals surface area contributed by atoms with Gasteiger partial charge in [0.25, 0.3) is 0 Å². The standard InChI is InChI=1S/C35H50N4O3/c1-3-21-39(34(41)15-10-14-33(36)40)22-7-8-23-42-30-25-28(31-16-20-37-32(31)26-30)12-5-6-19-38-35(17-18-35)29-13-9-11-27(4-2)24-29/h9,11,13,16,20,24-26,37-38H,3-8,10,12,14-15,17-19,21-23H2,1-2H3,(H2,36,40). The molecule has 42 heavy (non-hydrogen) atoms. The number of nitrogens with zero attached hydrogens (tertiary/aromatic N) is 1. The molecule has 1 heterocycles. The Balaban J connectivity index is 1.20. The van der Waals surface area contributed by atoms with Crippen molar-refractivity contribution in [2.75, 3.05) is 26.2 Å². The van der Waals surface area contributed by atoms with Gasteiger partial charge in [0.1, 0.15) is 5.75 Å². The zero-order valence-electron chi connectivity index (χ0n) is 25.7. The van der Waals surface area contributed by atoms with Crippen LogP contribution in [0, 0.1) is 0 Å². The molecule has 0 atom stereocenters. The van der Waals surface area contributed by atoms with E-state index in [9.17, 15) is 9.59 Å². The van der Waals surface area contributed by atoms with Gasteiger partial charge in [0.15, 0.2) is 0 Å². The predicted molar refractivity (Wildman–Crippen MR) is 171 cm³/mol. The molecule has 1 aliphatic carbocycles. The van der Waals surface area contributed by atoms with E-state index in [2.05, 4.69) is 66.6 Å². The Bertz CT molecular complexity index is 1300. The summed E-state index contributed by atoms with van der Waals surface area (Å²) in [4.78, 5) is 28.8. The van der Waals surface area contributed by atoms with Crippen LogP contribution in [0.1, 0.15) is 94.7 Å². The van der Waals surface area contributed by atoms with Crippen molar-refractivity contribution in [2.24, 2.45) is 5.73 Å². The Labute approximate surface area is 251 Å². The van der Waals surface area contributed by atoms with Crippen LogP contribution >= 0.6 is 0 Å². The predicted octanol–water partition coefficient (Wildman–Crippen LogP) is 6.39. The molecular formula is C35H50N4O3. The van der Waals surface area contributed by atoms with Crippen LogP contribution in [-0.2, 0) is 28.0 Å². The van der Waals surface area contributed by atoms with Crippen LogP contribution in [-0.4, -0.2) is 47.9 Å². The highest BCUT2D eigenvalue weighted by atomic mass is 16.5. The highest BCUT2D eigenvalue weighted by molar-refractivity contribution is 5.84. The number of amides is 2. The summed E-state index contributed by atoms with van der Waals surface area (Å²) in [6, 6.07) is 15.5. The van der Waals surface area contributed by atoms with E-state index in [4.69, 9.17) is 10.5 Å². The topological polar surface area (TPSA) is 100 Å². The molecule has 4 rings (SSSR count). The van der Waals surface area contributed by atoms with Crippen molar-refractivity contribution in [3.05, 3.63) is 65.4 Å². The zero-order valence-corrected chi connectivity index (χ0v) is 25.7. The number of hydrogen-bond donors (Lipinski definition) is 3. The Hall–Kier alpha value is -3.32. The third-order valence-corrected chi connectivity index (χ3v) is 8.45. The first kappa shape index (κ1) is 31.6. The number of H-pyrrole nitrogens is 1. The molecule has 1 saturated carbocycles. The van der Waals surface area contributed by atoms with Gasteiger partial charge in [-0.05, 0) is 99.6 Å². The lowest BCUT2D eigenvalue weighted by molar-refractivity contribution is -0.131. The number of carbonyl (C=O) groups excluding carboxylic acids is 2. The Morgan fingerprint density at radius 2 is 1.86 bits per heavy atom. The van der Waals surface area contributed by atoms with E-state index < -0.39 is 0 Å². The van der Waals surface area contributed by atoms with Gasteiger partial charge in [-0.15, -0.1) is 0 Å². The third kappa shape index (κ3) is 9.09. The third-order valence-electron chi connectivity index (χ3n) is 8.45. The fourth-order valence-electron chi connectivity index (χ4n) is 5.85. The Morgan fingerprint density at radius 1 is 1.00 bits per heavy atom. The molecule has 7 heteroatoms. The van der Waals surface area contributed by atoms with Crippen molar-refractivity contribution in [1.29, 1.82) is 0 Å². The van der Waals surface area contributed by atoms with Gasteiger partial charge in [0, 0.05) is 54.6 Å². The number of nitrogens with two attached hydrogens (primary N) is 1. The summed E-state index contributed by atoms with van der Waals surface area (Å²) in [5, 5.41) is 5.14. The maximum Gasteiger partial charge on any atom is 0.222 e. The lowest BCUT2D eigenvalue weighted by atomic mass is 10.0. The second-order valence-electron chi connectivity index (χ2n) is 11.8. The fraction of sp³-hybridized carbons (Fsp3) is 0.543. The van der Waals surface area contributed by atoms with Crippen LogP contribution < -0.4 is 15.8 Å². The van der Waals surface area contributed by atoms with Crippen molar-refractivity contribution >= 4 is 22.7 Å². The van der Waals surface area contributed by atoms with Crippen molar-refractivity contribution in [3.8, 4) is 5.75 Å². The highest BCUT2D eigenvalue weighted by Crippen LogP contribution is 2.45. The normalized spacial score (nSPS) is 13.8. The minimum Gasteiger partial charge on any atom is -0.494 e. The summed E-state index contributed by atoms with van der Waals surface area (Å²) in [5.41, 5.74) is 10.7. The molecule has 1 aliphatic rings. The summed E-state index contributed by atoms with van der Waals surface area (Å²) in [5.74, 6) is 0.656. The lowest BCUT2D eigenvalue weighted by Crippen LogP contribution is -2.32. The first-order chi connectivity index (χ1) is 20.4. The molecule has 2 aromatic carbocycles. The first-order valence-corrected chi connectivity index (χ1v) is 16.1. The number of ether oxygens (including phenoxy) is 1. The molecule has 4 N–H and O–H groups in total. The van der Waals surface area contributed by atoms with Gasteiger partial charge >= 0.3 is 0 Å². The van der Waals surface area contributed by atoms with Gasteiger partial charge in [0.05, 0.1) is 6.61 Å². The number of nitrogens with one attached hydrogen (secondary N) is 2. The van der Waals surface area contributed by atoms with Crippen LogP contribution in [0.3, 0.4) is 0 Å². The molecule has 1 fully saturated rings. The van der Waals surface area contributed by atoms with Gasteiger partial charge in [-0.25, -0.2) is 0 Å². The smallest absolute Gasteiger partial charge is 0.222 e. The molecule has 0 spiro atoms. The quantitative estimate of drug-likeness (QED) is 0.136. The molecule has 1 aromatic heterocycles. The number of aromatic nitrogens is 1. The number of carbonyl (C=O) groups is 2. The van der Waals surface area contributed by atoms with E-state index in [1.54, 1.807) is 0 Å². The van der Waals surface area contributed by atoms with Crippen molar-refractivity contribution in [1.82, 2.24) is 15.2 Å².